The van der Waals surface area contributed by atoms with Crippen LogP contribution in [0.3, 0.4) is 0 Å². The van der Waals surface area contributed by atoms with Crippen molar-refractivity contribution in [3.05, 3.63) is 53.1 Å². The molecule has 1 aliphatic rings. The van der Waals surface area contributed by atoms with E-state index < -0.39 is 0 Å². The highest BCUT2D eigenvalue weighted by molar-refractivity contribution is 5.74. The molecule has 3 rings (SSSR count). The van der Waals surface area contributed by atoms with Gasteiger partial charge in [0.15, 0.2) is 11.5 Å². The summed E-state index contributed by atoms with van der Waals surface area (Å²) in [5.74, 6) is 2.22. The zero-order chi connectivity index (χ0) is 18.7. The maximum Gasteiger partial charge on any atom is 0.317 e. The predicted molar refractivity (Wildman–Crippen MR) is 98.7 cm³/mol. The van der Waals surface area contributed by atoms with Crippen LogP contribution < -0.4 is 19.5 Å². The maximum absolute atomic E-state index is 12.6. The molecule has 26 heavy (non-hydrogen) atoms. The molecule has 0 fully saturated rings. The summed E-state index contributed by atoms with van der Waals surface area (Å²) in [4.78, 5) is 14.2. The molecule has 0 aromatic heterocycles. The van der Waals surface area contributed by atoms with Crippen LogP contribution in [0.15, 0.2) is 36.4 Å². The fourth-order valence-electron chi connectivity index (χ4n) is 2.95. The van der Waals surface area contributed by atoms with Crippen LogP contribution in [-0.4, -0.2) is 31.9 Å². The number of fused-ring (bicyclic) bond motifs is 1. The molecule has 0 radical (unpaired) electrons. The molecule has 1 atom stereocenters. The minimum absolute atomic E-state index is 0.154. The zero-order valence-corrected chi connectivity index (χ0v) is 15.5. The lowest BCUT2D eigenvalue weighted by Gasteiger charge is -2.23. The predicted octanol–water partition coefficient (Wildman–Crippen LogP) is 3.63. The lowest BCUT2D eigenvalue weighted by molar-refractivity contribution is 0.174. The quantitative estimate of drug-likeness (QED) is 0.889. The lowest BCUT2D eigenvalue weighted by atomic mass is 10.0. The van der Waals surface area contributed by atoms with Crippen molar-refractivity contribution in [3.8, 4) is 17.2 Å². The number of urea groups is 1. The first-order chi connectivity index (χ1) is 12.5. The van der Waals surface area contributed by atoms with Gasteiger partial charge in [0.1, 0.15) is 5.75 Å². The molecule has 2 amide bonds. The highest BCUT2D eigenvalue weighted by atomic mass is 16.7. The van der Waals surface area contributed by atoms with E-state index in [0.717, 1.165) is 28.2 Å². The van der Waals surface area contributed by atoms with E-state index in [9.17, 15) is 4.79 Å². The summed E-state index contributed by atoms with van der Waals surface area (Å²) in [6.45, 7) is 4.68. The number of rotatable bonds is 5. The fourth-order valence-corrected chi connectivity index (χ4v) is 2.95. The Morgan fingerprint density at radius 3 is 2.77 bits per heavy atom. The van der Waals surface area contributed by atoms with E-state index in [1.165, 1.54) is 0 Å². The number of nitrogens with one attached hydrogen (secondary N) is 1. The van der Waals surface area contributed by atoms with Gasteiger partial charge in [0.2, 0.25) is 6.79 Å². The lowest BCUT2D eigenvalue weighted by Crippen LogP contribution is -2.38. The molecule has 0 spiro atoms. The van der Waals surface area contributed by atoms with Gasteiger partial charge in [-0.3, -0.25) is 0 Å². The van der Waals surface area contributed by atoms with Crippen molar-refractivity contribution in [1.82, 2.24) is 10.2 Å². The van der Waals surface area contributed by atoms with Gasteiger partial charge < -0.3 is 24.4 Å². The Kier molecular flexibility index (Phi) is 5.21. The number of nitrogens with zero attached hydrogens (tertiary/aromatic N) is 1. The number of methoxy groups -OCH3 is 1. The van der Waals surface area contributed by atoms with E-state index >= 15 is 0 Å². The Balaban J connectivity index is 1.64. The van der Waals surface area contributed by atoms with Crippen molar-refractivity contribution in [2.45, 2.75) is 26.4 Å². The van der Waals surface area contributed by atoms with Crippen LogP contribution in [0.1, 0.15) is 29.7 Å². The molecule has 1 aliphatic heterocycles. The summed E-state index contributed by atoms with van der Waals surface area (Å²) < 4.78 is 16.1. The largest absolute Gasteiger partial charge is 0.496 e. The van der Waals surface area contributed by atoms with Crippen LogP contribution in [0, 0.1) is 6.92 Å². The van der Waals surface area contributed by atoms with Gasteiger partial charge in [0, 0.05) is 19.2 Å². The van der Waals surface area contributed by atoms with E-state index in [4.69, 9.17) is 14.2 Å². The first kappa shape index (κ1) is 17.9. The van der Waals surface area contributed by atoms with E-state index in [1.54, 1.807) is 19.1 Å². The van der Waals surface area contributed by atoms with Crippen molar-refractivity contribution >= 4 is 6.03 Å². The van der Waals surface area contributed by atoms with Gasteiger partial charge in [-0.05, 0) is 37.6 Å². The molecule has 0 saturated heterocycles. The molecule has 6 nitrogen and oxygen atoms in total. The summed E-state index contributed by atoms with van der Waals surface area (Å²) in [7, 11) is 3.40. The van der Waals surface area contributed by atoms with Gasteiger partial charge in [0.05, 0.1) is 13.2 Å². The fraction of sp³-hybridized carbons (Fsp3) is 0.350. The van der Waals surface area contributed by atoms with Crippen molar-refractivity contribution in [1.29, 1.82) is 0 Å². The number of carbonyl (C=O) groups excluding carboxylic acids is 1. The van der Waals surface area contributed by atoms with Crippen molar-refractivity contribution in [3.63, 3.8) is 0 Å². The second kappa shape index (κ2) is 7.56. The first-order valence-corrected chi connectivity index (χ1v) is 8.52. The Morgan fingerprint density at radius 1 is 1.23 bits per heavy atom. The van der Waals surface area contributed by atoms with Crippen molar-refractivity contribution in [2.24, 2.45) is 0 Å². The summed E-state index contributed by atoms with van der Waals surface area (Å²) in [6.07, 6.45) is 0. The smallest absolute Gasteiger partial charge is 0.317 e. The van der Waals surface area contributed by atoms with Gasteiger partial charge in [-0.1, -0.05) is 23.8 Å². The molecule has 0 aliphatic carbocycles. The normalized spacial score (nSPS) is 13.2. The maximum atomic E-state index is 12.6. The molecule has 1 N–H and O–H groups in total. The highest BCUT2D eigenvalue weighted by Crippen LogP contribution is 2.32. The molecule has 0 saturated carbocycles. The third-order valence-corrected chi connectivity index (χ3v) is 4.40. The van der Waals surface area contributed by atoms with Gasteiger partial charge in [-0.2, -0.15) is 0 Å². The number of hydrogen-bond donors (Lipinski definition) is 1. The number of amides is 2. The third-order valence-electron chi connectivity index (χ3n) is 4.40. The molecule has 138 valence electrons. The van der Waals surface area contributed by atoms with Crippen molar-refractivity contribution < 1.29 is 19.0 Å². The number of ether oxygens (including phenoxy) is 3. The van der Waals surface area contributed by atoms with Crippen LogP contribution in [0.25, 0.3) is 0 Å². The molecule has 2 aromatic carbocycles. The van der Waals surface area contributed by atoms with Crippen LogP contribution in [0.2, 0.25) is 0 Å². The molecule has 6 heteroatoms. The number of aryl methyl sites for hydroxylation is 1. The summed E-state index contributed by atoms with van der Waals surface area (Å²) in [5, 5.41) is 3.02. The molecule has 0 bridgehead atoms. The van der Waals surface area contributed by atoms with Gasteiger partial charge in [-0.15, -0.1) is 0 Å². The molecule has 1 heterocycles. The van der Waals surface area contributed by atoms with Gasteiger partial charge in [0.25, 0.3) is 0 Å². The van der Waals surface area contributed by atoms with E-state index in [1.807, 2.05) is 50.2 Å². The Labute approximate surface area is 153 Å². The summed E-state index contributed by atoms with van der Waals surface area (Å²) in [6, 6.07) is 11.3. The average Bonchev–Trinajstić information content (AvgIpc) is 3.09. The number of benzene rings is 2. The Bertz CT molecular complexity index is 806. The summed E-state index contributed by atoms with van der Waals surface area (Å²) >= 11 is 0. The third kappa shape index (κ3) is 3.85. The van der Waals surface area contributed by atoms with Crippen LogP contribution in [0.5, 0.6) is 17.2 Å². The first-order valence-electron chi connectivity index (χ1n) is 8.52. The van der Waals surface area contributed by atoms with Crippen LogP contribution in [-0.2, 0) is 6.54 Å². The van der Waals surface area contributed by atoms with Gasteiger partial charge in [-0.25, -0.2) is 4.79 Å². The molecular formula is C20H24N2O4. The summed E-state index contributed by atoms with van der Waals surface area (Å²) in [5.41, 5.74) is 3.06. The number of carbonyl (C=O) groups is 1. The Morgan fingerprint density at radius 2 is 2.00 bits per heavy atom. The Hall–Kier alpha value is -2.89. The second-order valence-electron chi connectivity index (χ2n) is 6.46. The topological polar surface area (TPSA) is 60.0 Å². The zero-order valence-electron chi connectivity index (χ0n) is 15.5. The van der Waals surface area contributed by atoms with E-state index in [0.29, 0.717) is 12.3 Å². The molecule has 1 unspecified atom stereocenters. The number of hydrogen-bond acceptors (Lipinski definition) is 4. The SMILES string of the molecule is COc1ccc(C)cc1C(C)NC(=O)N(C)Cc1ccc2c(c1)OCO2. The minimum Gasteiger partial charge on any atom is -0.496 e. The minimum atomic E-state index is -0.170. The van der Waals surface area contributed by atoms with E-state index in [2.05, 4.69) is 5.32 Å². The van der Waals surface area contributed by atoms with Crippen LogP contribution in [0.4, 0.5) is 4.79 Å². The van der Waals surface area contributed by atoms with Crippen molar-refractivity contribution in [2.75, 3.05) is 21.0 Å². The highest BCUT2D eigenvalue weighted by Gasteiger charge is 2.18. The monoisotopic (exact) mass is 356 g/mol. The molecular weight excluding hydrogens is 332 g/mol. The second-order valence-corrected chi connectivity index (χ2v) is 6.46. The molecule has 2 aromatic rings. The van der Waals surface area contributed by atoms with Gasteiger partial charge >= 0.3 is 6.03 Å². The van der Waals surface area contributed by atoms with E-state index in [-0.39, 0.29) is 18.9 Å². The standard InChI is InChI=1S/C20H24N2O4/c1-13-5-7-17(24-4)16(9-13)14(2)21-20(23)22(3)11-15-6-8-18-19(10-15)26-12-25-18/h5-10,14H,11-12H2,1-4H3,(H,21,23). The van der Waals surface area contributed by atoms with Crippen LogP contribution >= 0.6 is 0 Å². The average molecular weight is 356 g/mol.